The Balaban J connectivity index is 2.50. The van der Waals surface area contributed by atoms with Gasteiger partial charge in [0.15, 0.2) is 5.65 Å². The third-order valence-electron chi connectivity index (χ3n) is 4.35. The first-order chi connectivity index (χ1) is 10.3. The van der Waals surface area contributed by atoms with Crippen LogP contribution in [0.3, 0.4) is 0 Å². The van der Waals surface area contributed by atoms with Gasteiger partial charge in [0.05, 0.1) is 11.1 Å². The molecule has 4 nitrogen and oxygen atoms in total. The van der Waals surface area contributed by atoms with Crippen molar-refractivity contribution in [1.82, 2.24) is 14.5 Å². The summed E-state index contributed by atoms with van der Waals surface area (Å²) < 4.78 is 2.22. The zero-order chi connectivity index (χ0) is 16.2. The Morgan fingerprint density at radius 1 is 0.909 bits per heavy atom. The van der Waals surface area contributed by atoms with Gasteiger partial charge in [-0.1, -0.05) is 17.7 Å². The van der Waals surface area contributed by atoms with Crippen LogP contribution in [0.4, 0.5) is 5.82 Å². The van der Waals surface area contributed by atoms with Gasteiger partial charge in [-0.05, 0) is 58.2 Å². The van der Waals surface area contributed by atoms with E-state index >= 15 is 0 Å². The third-order valence-corrected chi connectivity index (χ3v) is 4.35. The molecule has 0 bridgehead atoms. The lowest BCUT2D eigenvalue weighted by Crippen LogP contribution is -2.05. The van der Waals surface area contributed by atoms with Crippen LogP contribution in [-0.4, -0.2) is 14.5 Å². The van der Waals surface area contributed by atoms with E-state index in [0.29, 0.717) is 11.6 Å². The van der Waals surface area contributed by atoms with Gasteiger partial charge in [0, 0.05) is 5.69 Å². The molecule has 3 rings (SSSR count). The zero-order valence-electron chi connectivity index (χ0n) is 14.1. The van der Waals surface area contributed by atoms with E-state index in [1.165, 1.54) is 22.4 Å². The number of aromatic nitrogens is 3. The maximum Gasteiger partial charge on any atom is 0.150 e. The average Bonchev–Trinajstić information content (AvgIpc) is 2.62. The van der Waals surface area contributed by atoms with Gasteiger partial charge in [0.2, 0.25) is 0 Å². The van der Waals surface area contributed by atoms with Crippen LogP contribution in [0.5, 0.6) is 0 Å². The Bertz CT molecular complexity index is 880. The molecule has 0 aliphatic carbocycles. The van der Waals surface area contributed by atoms with E-state index in [1.54, 1.807) is 0 Å². The molecular weight excluding hydrogens is 272 g/mol. The molecule has 0 atom stereocenters. The molecule has 0 amide bonds. The normalized spacial score (nSPS) is 11.4. The van der Waals surface area contributed by atoms with Crippen molar-refractivity contribution < 1.29 is 0 Å². The summed E-state index contributed by atoms with van der Waals surface area (Å²) in [4.78, 5) is 8.99. The van der Waals surface area contributed by atoms with Crippen LogP contribution in [0.25, 0.3) is 16.7 Å². The first kappa shape index (κ1) is 14.6. The van der Waals surface area contributed by atoms with E-state index in [2.05, 4.69) is 61.3 Å². The van der Waals surface area contributed by atoms with Crippen LogP contribution in [0.1, 0.15) is 33.8 Å². The van der Waals surface area contributed by atoms with Crippen molar-refractivity contribution in [2.24, 2.45) is 0 Å². The Hall–Kier alpha value is -2.36. The molecular formula is C18H22N4. The minimum absolute atomic E-state index is 0.560. The van der Waals surface area contributed by atoms with Crippen LogP contribution in [-0.2, 0) is 0 Å². The monoisotopic (exact) mass is 294 g/mol. The molecule has 0 spiro atoms. The molecule has 22 heavy (non-hydrogen) atoms. The van der Waals surface area contributed by atoms with Crippen molar-refractivity contribution in [2.75, 3.05) is 5.73 Å². The zero-order valence-corrected chi connectivity index (χ0v) is 14.1. The molecule has 2 heterocycles. The Labute approximate surface area is 131 Å². The predicted molar refractivity (Wildman–Crippen MR) is 91.7 cm³/mol. The fourth-order valence-corrected chi connectivity index (χ4v) is 3.41. The summed E-state index contributed by atoms with van der Waals surface area (Å²) in [5.74, 6) is 1.26. The SMILES string of the molecule is Cc1cc(C)c(-n2c(C)c(C)c3c(N)nc(C)nc32)c(C)c1. The molecule has 2 aromatic heterocycles. The minimum atomic E-state index is 0.560. The fourth-order valence-electron chi connectivity index (χ4n) is 3.41. The van der Waals surface area contributed by atoms with Crippen molar-refractivity contribution in [3.05, 3.63) is 45.9 Å². The quantitative estimate of drug-likeness (QED) is 0.741. The number of nitrogens with two attached hydrogens (primary N) is 1. The van der Waals surface area contributed by atoms with E-state index in [4.69, 9.17) is 5.73 Å². The topological polar surface area (TPSA) is 56.7 Å². The van der Waals surface area contributed by atoms with Crippen LogP contribution < -0.4 is 5.73 Å². The Kier molecular flexibility index (Phi) is 3.20. The maximum atomic E-state index is 6.15. The average molecular weight is 294 g/mol. The highest BCUT2D eigenvalue weighted by Crippen LogP contribution is 2.33. The summed E-state index contributed by atoms with van der Waals surface area (Å²) in [6.45, 7) is 12.5. The van der Waals surface area contributed by atoms with Crippen LogP contribution >= 0.6 is 0 Å². The van der Waals surface area contributed by atoms with E-state index in [9.17, 15) is 0 Å². The van der Waals surface area contributed by atoms with Gasteiger partial charge in [-0.25, -0.2) is 9.97 Å². The summed E-state index contributed by atoms with van der Waals surface area (Å²) >= 11 is 0. The summed E-state index contributed by atoms with van der Waals surface area (Å²) in [6, 6.07) is 4.42. The molecule has 2 N–H and O–H groups in total. The molecule has 0 unspecified atom stereocenters. The van der Waals surface area contributed by atoms with Crippen LogP contribution in [0, 0.1) is 41.5 Å². The molecule has 0 saturated carbocycles. The van der Waals surface area contributed by atoms with Crippen molar-refractivity contribution in [3.8, 4) is 5.69 Å². The second-order valence-corrected chi connectivity index (χ2v) is 6.15. The van der Waals surface area contributed by atoms with Gasteiger partial charge in [-0.3, -0.25) is 4.57 Å². The number of hydrogen-bond acceptors (Lipinski definition) is 3. The van der Waals surface area contributed by atoms with Gasteiger partial charge in [0.25, 0.3) is 0 Å². The van der Waals surface area contributed by atoms with Crippen LogP contribution in [0.2, 0.25) is 0 Å². The Morgan fingerprint density at radius 3 is 2.09 bits per heavy atom. The molecule has 3 aromatic rings. The number of benzene rings is 1. The standard InChI is InChI=1S/C18H22N4/c1-9-7-10(2)16(11(3)8-9)22-13(5)12(4)15-17(19)20-14(6)21-18(15)22/h7-8H,1-6H3,(H2,19,20,21). The molecule has 0 saturated heterocycles. The first-order valence-corrected chi connectivity index (χ1v) is 7.51. The molecule has 1 aromatic carbocycles. The molecule has 0 aliphatic heterocycles. The van der Waals surface area contributed by atoms with Crippen molar-refractivity contribution >= 4 is 16.9 Å². The fraction of sp³-hybridized carbons (Fsp3) is 0.333. The van der Waals surface area contributed by atoms with E-state index in [-0.39, 0.29) is 0 Å². The van der Waals surface area contributed by atoms with Gasteiger partial charge in [-0.15, -0.1) is 0 Å². The van der Waals surface area contributed by atoms with Crippen molar-refractivity contribution in [2.45, 2.75) is 41.5 Å². The second-order valence-electron chi connectivity index (χ2n) is 6.15. The van der Waals surface area contributed by atoms with Gasteiger partial charge < -0.3 is 5.73 Å². The van der Waals surface area contributed by atoms with E-state index in [0.717, 1.165) is 22.3 Å². The highest BCUT2D eigenvalue weighted by molar-refractivity contribution is 5.92. The largest absolute Gasteiger partial charge is 0.383 e. The van der Waals surface area contributed by atoms with Crippen molar-refractivity contribution in [3.63, 3.8) is 0 Å². The number of rotatable bonds is 1. The third kappa shape index (κ3) is 1.98. The van der Waals surface area contributed by atoms with Crippen LogP contribution in [0.15, 0.2) is 12.1 Å². The maximum absolute atomic E-state index is 6.15. The smallest absolute Gasteiger partial charge is 0.150 e. The summed E-state index contributed by atoms with van der Waals surface area (Å²) in [5, 5.41) is 0.961. The molecule has 0 fully saturated rings. The number of nitrogen functional groups attached to an aromatic ring is 1. The predicted octanol–water partition coefficient (Wildman–Crippen LogP) is 3.85. The summed E-state index contributed by atoms with van der Waals surface area (Å²) in [6.07, 6.45) is 0. The van der Waals surface area contributed by atoms with E-state index < -0.39 is 0 Å². The summed E-state index contributed by atoms with van der Waals surface area (Å²) in [5.41, 5.74) is 14.3. The highest BCUT2D eigenvalue weighted by Gasteiger charge is 2.19. The molecule has 114 valence electrons. The first-order valence-electron chi connectivity index (χ1n) is 7.51. The number of anilines is 1. The molecule has 4 heteroatoms. The van der Waals surface area contributed by atoms with Crippen molar-refractivity contribution in [1.29, 1.82) is 0 Å². The van der Waals surface area contributed by atoms with E-state index in [1.807, 2.05) is 6.92 Å². The highest BCUT2D eigenvalue weighted by atomic mass is 15.1. The molecule has 0 radical (unpaired) electrons. The molecule has 0 aliphatic rings. The number of aryl methyl sites for hydroxylation is 5. The summed E-state index contributed by atoms with van der Waals surface area (Å²) in [7, 11) is 0. The van der Waals surface area contributed by atoms with Gasteiger partial charge in [-0.2, -0.15) is 0 Å². The number of nitrogens with zero attached hydrogens (tertiary/aromatic N) is 3. The lowest BCUT2D eigenvalue weighted by Gasteiger charge is -2.15. The number of fused-ring (bicyclic) bond motifs is 1. The number of hydrogen-bond donors (Lipinski definition) is 1. The second kappa shape index (κ2) is 4.83. The van der Waals surface area contributed by atoms with Gasteiger partial charge >= 0.3 is 0 Å². The van der Waals surface area contributed by atoms with Gasteiger partial charge in [0.1, 0.15) is 11.6 Å². The minimum Gasteiger partial charge on any atom is -0.383 e. The lowest BCUT2D eigenvalue weighted by molar-refractivity contribution is 0.974. The Morgan fingerprint density at radius 2 is 1.50 bits per heavy atom. The lowest BCUT2D eigenvalue weighted by atomic mass is 10.0.